The van der Waals surface area contributed by atoms with E-state index in [0.717, 1.165) is 36.6 Å². The Morgan fingerprint density at radius 1 is 1.09 bits per heavy atom. The number of anilines is 1. The molecule has 0 saturated heterocycles. The summed E-state index contributed by atoms with van der Waals surface area (Å²) < 4.78 is 1.89. The average Bonchev–Trinajstić information content (AvgIpc) is 3.20. The number of aromatic nitrogens is 2. The summed E-state index contributed by atoms with van der Waals surface area (Å²) >= 11 is 0. The molecule has 2 aromatic carbocycles. The van der Waals surface area contributed by atoms with Crippen molar-refractivity contribution < 1.29 is 0 Å². The lowest BCUT2D eigenvalue weighted by Crippen LogP contribution is -2.06. The third kappa shape index (κ3) is 2.36. The van der Waals surface area contributed by atoms with Crippen molar-refractivity contribution in [3.05, 3.63) is 77.0 Å². The van der Waals surface area contributed by atoms with Gasteiger partial charge in [-0.2, -0.15) is 10.4 Å². The molecule has 0 unspecified atom stereocenters. The van der Waals surface area contributed by atoms with Gasteiger partial charge in [0.1, 0.15) is 11.9 Å². The van der Waals surface area contributed by atoms with Gasteiger partial charge in [-0.05, 0) is 24.1 Å². The van der Waals surface area contributed by atoms with E-state index in [1.165, 1.54) is 11.1 Å². The van der Waals surface area contributed by atoms with Crippen LogP contribution in [0, 0.1) is 11.3 Å². The minimum absolute atomic E-state index is 0.637. The van der Waals surface area contributed by atoms with Gasteiger partial charge in [0.25, 0.3) is 0 Å². The summed E-state index contributed by atoms with van der Waals surface area (Å²) in [5, 5.41) is 17.6. The molecule has 3 aromatic rings. The minimum atomic E-state index is 0.637. The van der Waals surface area contributed by atoms with Crippen molar-refractivity contribution in [2.75, 3.05) is 11.9 Å². The first-order valence-electron chi connectivity index (χ1n) is 7.75. The predicted octanol–water partition coefficient (Wildman–Crippen LogP) is 3.30. The van der Waals surface area contributed by atoms with Crippen molar-refractivity contribution in [2.24, 2.45) is 0 Å². The third-order valence-electron chi connectivity index (χ3n) is 4.20. The number of nitrogens with zero attached hydrogens (tertiary/aromatic N) is 3. The van der Waals surface area contributed by atoms with E-state index in [-0.39, 0.29) is 0 Å². The molecule has 1 aromatic heterocycles. The van der Waals surface area contributed by atoms with Gasteiger partial charge in [0.15, 0.2) is 0 Å². The average molecular weight is 300 g/mol. The number of para-hydroxylation sites is 1. The third-order valence-corrected chi connectivity index (χ3v) is 4.20. The molecule has 23 heavy (non-hydrogen) atoms. The summed E-state index contributed by atoms with van der Waals surface area (Å²) in [7, 11) is 0. The van der Waals surface area contributed by atoms with E-state index < -0.39 is 0 Å². The van der Waals surface area contributed by atoms with Crippen LogP contribution >= 0.6 is 0 Å². The van der Waals surface area contributed by atoms with Crippen LogP contribution in [0.25, 0.3) is 5.69 Å². The standard InChI is InChI=1S/C19H16N4/c20-13-15-8-4-5-9-18(15)23-19-16(10-11-21-19)17(22-23)12-14-6-2-1-3-7-14/h1-9,21H,10-12H2. The van der Waals surface area contributed by atoms with Crippen LogP contribution in [0.2, 0.25) is 0 Å². The van der Waals surface area contributed by atoms with Gasteiger partial charge < -0.3 is 5.32 Å². The fourth-order valence-electron chi connectivity index (χ4n) is 3.10. The van der Waals surface area contributed by atoms with Crippen molar-refractivity contribution in [3.63, 3.8) is 0 Å². The number of nitrogens with one attached hydrogen (secondary N) is 1. The van der Waals surface area contributed by atoms with Crippen molar-refractivity contribution in [1.82, 2.24) is 9.78 Å². The molecule has 0 spiro atoms. The van der Waals surface area contributed by atoms with Gasteiger partial charge in [-0.15, -0.1) is 0 Å². The number of benzene rings is 2. The Hall–Kier alpha value is -3.06. The molecule has 1 aliphatic heterocycles. The van der Waals surface area contributed by atoms with Crippen LogP contribution < -0.4 is 5.32 Å². The summed E-state index contributed by atoms with van der Waals surface area (Å²) in [5.41, 5.74) is 5.07. The fourth-order valence-corrected chi connectivity index (χ4v) is 3.10. The van der Waals surface area contributed by atoms with Crippen molar-refractivity contribution >= 4 is 5.82 Å². The van der Waals surface area contributed by atoms with Gasteiger partial charge in [0.2, 0.25) is 0 Å². The number of hydrogen-bond donors (Lipinski definition) is 1. The molecule has 0 atom stereocenters. The molecule has 4 heteroatoms. The highest BCUT2D eigenvalue weighted by molar-refractivity contribution is 5.60. The van der Waals surface area contributed by atoms with Gasteiger partial charge in [-0.1, -0.05) is 42.5 Å². The second kappa shape index (κ2) is 5.62. The quantitative estimate of drug-likeness (QED) is 0.807. The van der Waals surface area contributed by atoms with Crippen LogP contribution in [0.1, 0.15) is 22.4 Å². The highest BCUT2D eigenvalue weighted by Crippen LogP contribution is 2.30. The highest BCUT2D eigenvalue weighted by Gasteiger charge is 2.23. The lowest BCUT2D eigenvalue weighted by atomic mass is 10.1. The fraction of sp³-hybridized carbons (Fsp3) is 0.158. The first-order valence-corrected chi connectivity index (χ1v) is 7.75. The Labute approximate surface area is 135 Å². The zero-order chi connectivity index (χ0) is 15.6. The van der Waals surface area contributed by atoms with Crippen molar-refractivity contribution in [1.29, 1.82) is 5.26 Å². The van der Waals surface area contributed by atoms with Gasteiger partial charge in [-0.3, -0.25) is 0 Å². The predicted molar refractivity (Wildman–Crippen MR) is 89.7 cm³/mol. The largest absolute Gasteiger partial charge is 0.369 e. The summed E-state index contributed by atoms with van der Waals surface area (Å²) in [6, 6.07) is 20.2. The molecule has 0 amide bonds. The maximum absolute atomic E-state index is 9.36. The van der Waals surface area contributed by atoms with E-state index in [1.807, 2.05) is 35.0 Å². The molecule has 0 fully saturated rings. The normalized spacial score (nSPS) is 12.5. The second-order valence-corrected chi connectivity index (χ2v) is 5.65. The van der Waals surface area contributed by atoms with Crippen molar-refractivity contribution in [3.8, 4) is 11.8 Å². The summed E-state index contributed by atoms with van der Waals surface area (Å²) in [5.74, 6) is 1.03. The molecule has 4 rings (SSSR count). The number of fused-ring (bicyclic) bond motifs is 1. The molecule has 2 heterocycles. The van der Waals surface area contributed by atoms with Gasteiger partial charge in [0.05, 0.1) is 16.9 Å². The number of hydrogen-bond acceptors (Lipinski definition) is 3. The summed E-state index contributed by atoms with van der Waals surface area (Å²) in [6.07, 6.45) is 1.79. The first-order chi connectivity index (χ1) is 11.4. The molecule has 0 bridgehead atoms. The summed E-state index contributed by atoms with van der Waals surface area (Å²) in [6.45, 7) is 0.920. The van der Waals surface area contributed by atoms with E-state index in [1.54, 1.807) is 0 Å². The molecule has 0 saturated carbocycles. The number of nitriles is 1. The smallest absolute Gasteiger partial charge is 0.133 e. The van der Waals surface area contributed by atoms with Crippen LogP contribution in [0.4, 0.5) is 5.82 Å². The SMILES string of the molecule is N#Cc1ccccc1-n1nc(Cc2ccccc2)c2c1NCC2. The van der Waals surface area contributed by atoms with Crippen LogP contribution in [-0.2, 0) is 12.8 Å². The van der Waals surface area contributed by atoms with Crippen LogP contribution in [-0.4, -0.2) is 16.3 Å². The lowest BCUT2D eigenvalue weighted by Gasteiger charge is -2.07. The Morgan fingerprint density at radius 3 is 2.70 bits per heavy atom. The van der Waals surface area contributed by atoms with E-state index in [9.17, 15) is 5.26 Å². The van der Waals surface area contributed by atoms with Gasteiger partial charge in [-0.25, -0.2) is 4.68 Å². The molecule has 0 aliphatic carbocycles. The van der Waals surface area contributed by atoms with Crippen molar-refractivity contribution in [2.45, 2.75) is 12.8 Å². The Bertz CT molecular complexity index is 887. The van der Waals surface area contributed by atoms with E-state index in [2.05, 4.69) is 35.7 Å². The second-order valence-electron chi connectivity index (χ2n) is 5.65. The monoisotopic (exact) mass is 300 g/mol. The summed E-state index contributed by atoms with van der Waals surface area (Å²) in [4.78, 5) is 0. The van der Waals surface area contributed by atoms with Gasteiger partial charge >= 0.3 is 0 Å². The van der Waals surface area contributed by atoms with Crippen LogP contribution in [0.5, 0.6) is 0 Å². The van der Waals surface area contributed by atoms with E-state index >= 15 is 0 Å². The molecule has 1 aliphatic rings. The highest BCUT2D eigenvalue weighted by atomic mass is 15.3. The minimum Gasteiger partial charge on any atom is -0.369 e. The zero-order valence-electron chi connectivity index (χ0n) is 12.7. The van der Waals surface area contributed by atoms with E-state index in [4.69, 9.17) is 5.10 Å². The van der Waals surface area contributed by atoms with E-state index in [0.29, 0.717) is 5.56 Å². The molecular weight excluding hydrogens is 284 g/mol. The molecule has 0 radical (unpaired) electrons. The zero-order valence-corrected chi connectivity index (χ0v) is 12.7. The molecular formula is C19H16N4. The molecule has 4 nitrogen and oxygen atoms in total. The molecule has 1 N–H and O–H groups in total. The Morgan fingerprint density at radius 2 is 1.87 bits per heavy atom. The maximum Gasteiger partial charge on any atom is 0.133 e. The Balaban J connectivity index is 1.81. The maximum atomic E-state index is 9.36. The van der Waals surface area contributed by atoms with Crippen LogP contribution in [0.3, 0.4) is 0 Å². The molecule has 112 valence electrons. The Kier molecular flexibility index (Phi) is 3.32. The lowest BCUT2D eigenvalue weighted by molar-refractivity contribution is 0.838. The topological polar surface area (TPSA) is 53.6 Å². The first kappa shape index (κ1) is 13.6. The van der Waals surface area contributed by atoms with Gasteiger partial charge in [0, 0.05) is 18.5 Å². The number of rotatable bonds is 3. The van der Waals surface area contributed by atoms with Crippen LogP contribution in [0.15, 0.2) is 54.6 Å².